The highest BCUT2D eigenvalue weighted by Gasteiger charge is 2.17. The van der Waals surface area contributed by atoms with Gasteiger partial charge in [-0.25, -0.2) is 0 Å². The van der Waals surface area contributed by atoms with Gasteiger partial charge >= 0.3 is 5.97 Å². The van der Waals surface area contributed by atoms with Gasteiger partial charge in [-0.3, -0.25) is 9.59 Å². The molecule has 0 N–H and O–H groups in total. The molecule has 110 valence electrons. The number of halogens is 1. The minimum absolute atomic E-state index is 0.0744. The van der Waals surface area contributed by atoms with Crippen molar-refractivity contribution in [2.45, 2.75) is 13.8 Å². The minimum atomic E-state index is -0.430. The molecule has 0 aliphatic heterocycles. The Balaban J connectivity index is 2.51. The number of carbonyl (C=O) groups excluding carboxylic acids is 2. The molecule has 1 rings (SSSR count). The highest BCUT2D eigenvalue weighted by Crippen LogP contribution is 2.22. The molecule has 20 heavy (non-hydrogen) atoms. The number of hydrogen-bond acceptors (Lipinski definition) is 4. The molecule has 0 aromatic heterocycles. The molecule has 5 nitrogen and oxygen atoms in total. The summed E-state index contributed by atoms with van der Waals surface area (Å²) in [6.45, 7) is 3.96. The first kappa shape index (κ1) is 16.3. The number of likely N-dealkylation sites (N-methyl/N-ethyl adjacent to an activating group) is 1. The molecule has 0 aliphatic rings. The molecule has 0 atom stereocenters. The summed E-state index contributed by atoms with van der Waals surface area (Å²) in [6.07, 6.45) is 0. The molecule has 1 amide bonds. The van der Waals surface area contributed by atoms with E-state index >= 15 is 0 Å². The van der Waals surface area contributed by atoms with Gasteiger partial charge in [0.1, 0.15) is 12.3 Å². The molecular weight excluding hydrogens is 282 g/mol. The SMILES string of the molecule is CCOC(=O)CN(CC)C(=O)COc1ccccc1Cl. The summed E-state index contributed by atoms with van der Waals surface area (Å²) in [4.78, 5) is 24.7. The molecule has 0 spiro atoms. The normalized spacial score (nSPS) is 9.95. The highest BCUT2D eigenvalue weighted by molar-refractivity contribution is 6.32. The van der Waals surface area contributed by atoms with E-state index in [1.54, 1.807) is 38.1 Å². The summed E-state index contributed by atoms with van der Waals surface area (Å²) >= 11 is 5.92. The number of hydrogen-bond donors (Lipinski definition) is 0. The second-order valence-electron chi connectivity index (χ2n) is 3.93. The third-order valence-electron chi connectivity index (χ3n) is 2.55. The van der Waals surface area contributed by atoms with Crippen molar-refractivity contribution in [3.05, 3.63) is 29.3 Å². The number of carbonyl (C=O) groups is 2. The Kier molecular flexibility index (Phi) is 6.87. The maximum atomic E-state index is 11.9. The average Bonchev–Trinajstić information content (AvgIpc) is 2.44. The van der Waals surface area contributed by atoms with Crippen molar-refractivity contribution in [1.29, 1.82) is 0 Å². The van der Waals surface area contributed by atoms with Crippen LogP contribution in [0.2, 0.25) is 5.02 Å². The highest BCUT2D eigenvalue weighted by atomic mass is 35.5. The third kappa shape index (κ3) is 5.09. The number of amides is 1. The van der Waals surface area contributed by atoms with Crippen LogP contribution < -0.4 is 4.74 Å². The number of para-hydroxylation sites is 1. The van der Waals surface area contributed by atoms with Crippen LogP contribution in [-0.4, -0.2) is 43.1 Å². The second kappa shape index (κ2) is 8.43. The summed E-state index contributed by atoms with van der Waals surface area (Å²) < 4.78 is 10.2. The Morgan fingerprint density at radius 2 is 1.95 bits per heavy atom. The Morgan fingerprint density at radius 3 is 2.55 bits per heavy atom. The zero-order valence-corrected chi connectivity index (χ0v) is 12.4. The van der Waals surface area contributed by atoms with Gasteiger partial charge in [0.05, 0.1) is 11.6 Å². The Labute approximate surface area is 123 Å². The van der Waals surface area contributed by atoms with E-state index in [-0.39, 0.29) is 19.1 Å². The molecule has 6 heteroatoms. The smallest absolute Gasteiger partial charge is 0.325 e. The number of ether oxygens (including phenoxy) is 2. The maximum Gasteiger partial charge on any atom is 0.325 e. The third-order valence-corrected chi connectivity index (χ3v) is 2.86. The fourth-order valence-electron chi connectivity index (χ4n) is 1.53. The van der Waals surface area contributed by atoms with Gasteiger partial charge in [0.25, 0.3) is 5.91 Å². The minimum Gasteiger partial charge on any atom is -0.482 e. The van der Waals surface area contributed by atoms with Crippen molar-refractivity contribution in [2.24, 2.45) is 0 Å². The first-order valence-corrected chi connectivity index (χ1v) is 6.77. The zero-order valence-electron chi connectivity index (χ0n) is 11.6. The van der Waals surface area contributed by atoms with Crippen LogP contribution in [0.25, 0.3) is 0 Å². The van der Waals surface area contributed by atoms with Crippen LogP contribution in [0.15, 0.2) is 24.3 Å². The molecule has 1 aromatic carbocycles. The Bertz CT molecular complexity index is 464. The van der Waals surface area contributed by atoms with Crippen molar-refractivity contribution in [3.63, 3.8) is 0 Å². The van der Waals surface area contributed by atoms with Crippen LogP contribution in [0, 0.1) is 0 Å². The van der Waals surface area contributed by atoms with Crippen LogP contribution >= 0.6 is 11.6 Å². The van der Waals surface area contributed by atoms with E-state index in [1.807, 2.05) is 0 Å². The number of nitrogens with zero attached hydrogens (tertiary/aromatic N) is 1. The van der Waals surface area contributed by atoms with Crippen molar-refractivity contribution in [1.82, 2.24) is 4.90 Å². The number of rotatable bonds is 7. The monoisotopic (exact) mass is 299 g/mol. The predicted molar refractivity (Wildman–Crippen MR) is 75.8 cm³/mol. The molecule has 0 radical (unpaired) electrons. The molecule has 0 unspecified atom stereocenters. The van der Waals surface area contributed by atoms with E-state index in [0.29, 0.717) is 23.9 Å². The molecule has 1 aromatic rings. The van der Waals surface area contributed by atoms with Gasteiger partial charge in [-0.2, -0.15) is 0 Å². The van der Waals surface area contributed by atoms with E-state index in [0.717, 1.165) is 0 Å². The van der Waals surface area contributed by atoms with Crippen LogP contribution in [0.1, 0.15) is 13.8 Å². The molecule has 0 saturated carbocycles. The lowest BCUT2D eigenvalue weighted by molar-refractivity contribution is -0.149. The first-order valence-electron chi connectivity index (χ1n) is 6.39. The van der Waals surface area contributed by atoms with Crippen molar-refractivity contribution in [2.75, 3.05) is 26.3 Å². The van der Waals surface area contributed by atoms with E-state index in [9.17, 15) is 9.59 Å². The van der Waals surface area contributed by atoms with Crippen LogP contribution in [-0.2, 0) is 14.3 Å². The molecule has 0 aliphatic carbocycles. The summed E-state index contributed by atoms with van der Waals surface area (Å²) in [7, 11) is 0. The average molecular weight is 300 g/mol. The summed E-state index contributed by atoms with van der Waals surface area (Å²) in [5.41, 5.74) is 0. The van der Waals surface area contributed by atoms with Gasteiger partial charge in [0, 0.05) is 6.54 Å². The van der Waals surface area contributed by atoms with E-state index in [4.69, 9.17) is 21.1 Å². The Morgan fingerprint density at radius 1 is 1.25 bits per heavy atom. The van der Waals surface area contributed by atoms with E-state index < -0.39 is 5.97 Å². The van der Waals surface area contributed by atoms with Gasteiger partial charge in [-0.05, 0) is 26.0 Å². The second-order valence-corrected chi connectivity index (χ2v) is 4.34. The van der Waals surface area contributed by atoms with Crippen LogP contribution in [0.4, 0.5) is 0 Å². The quantitative estimate of drug-likeness (QED) is 0.724. The lowest BCUT2D eigenvalue weighted by Crippen LogP contribution is -2.39. The summed E-state index contributed by atoms with van der Waals surface area (Å²) in [6, 6.07) is 6.90. The summed E-state index contributed by atoms with van der Waals surface area (Å²) in [5, 5.41) is 0.439. The van der Waals surface area contributed by atoms with Crippen LogP contribution in [0.5, 0.6) is 5.75 Å². The fraction of sp³-hybridized carbons (Fsp3) is 0.429. The number of esters is 1. The maximum absolute atomic E-state index is 11.9. The molecule has 0 saturated heterocycles. The first-order chi connectivity index (χ1) is 9.58. The van der Waals surface area contributed by atoms with Gasteiger partial charge in [-0.1, -0.05) is 23.7 Å². The molecule has 0 bridgehead atoms. The topological polar surface area (TPSA) is 55.8 Å². The zero-order chi connectivity index (χ0) is 15.0. The standard InChI is InChI=1S/C14H18ClNO4/c1-3-16(9-14(18)19-4-2)13(17)10-20-12-8-6-5-7-11(12)15/h5-8H,3-4,9-10H2,1-2H3. The van der Waals surface area contributed by atoms with Gasteiger partial charge in [0.15, 0.2) is 6.61 Å². The van der Waals surface area contributed by atoms with E-state index in [2.05, 4.69) is 0 Å². The van der Waals surface area contributed by atoms with Crippen molar-refractivity contribution >= 4 is 23.5 Å². The number of benzene rings is 1. The molecule has 0 fully saturated rings. The summed E-state index contributed by atoms with van der Waals surface area (Å²) in [5.74, 6) is -0.282. The van der Waals surface area contributed by atoms with Gasteiger partial charge in [0.2, 0.25) is 0 Å². The predicted octanol–water partition coefficient (Wildman–Crippen LogP) is 2.13. The van der Waals surface area contributed by atoms with E-state index in [1.165, 1.54) is 4.90 Å². The molecular formula is C14H18ClNO4. The largest absolute Gasteiger partial charge is 0.482 e. The van der Waals surface area contributed by atoms with Crippen molar-refractivity contribution in [3.8, 4) is 5.75 Å². The van der Waals surface area contributed by atoms with Crippen LogP contribution in [0.3, 0.4) is 0 Å². The Hall–Kier alpha value is -1.75. The van der Waals surface area contributed by atoms with Gasteiger partial charge < -0.3 is 14.4 Å². The fourth-order valence-corrected chi connectivity index (χ4v) is 1.72. The lowest BCUT2D eigenvalue weighted by Gasteiger charge is -2.20. The lowest BCUT2D eigenvalue weighted by atomic mass is 10.3. The molecule has 0 heterocycles. The van der Waals surface area contributed by atoms with Gasteiger partial charge in [-0.15, -0.1) is 0 Å². The van der Waals surface area contributed by atoms with Crippen molar-refractivity contribution < 1.29 is 19.1 Å².